The van der Waals surface area contributed by atoms with Crippen LogP contribution >= 0.6 is 0 Å². The summed E-state index contributed by atoms with van der Waals surface area (Å²) in [4.78, 5) is 4.37. The summed E-state index contributed by atoms with van der Waals surface area (Å²) < 4.78 is 31.9. The topological polar surface area (TPSA) is 83.0 Å². The largest absolute Gasteiger partial charge is 0.373 e. The molecule has 1 saturated heterocycles. The van der Waals surface area contributed by atoms with Gasteiger partial charge in [-0.25, -0.2) is 8.42 Å². The molecule has 0 aromatic heterocycles. The van der Waals surface area contributed by atoms with E-state index in [2.05, 4.69) is 15.6 Å². The number of aliphatic imine (C=N–C) groups is 1. The third-order valence-electron chi connectivity index (χ3n) is 3.66. The normalized spacial score (nSPS) is 27.7. The van der Waals surface area contributed by atoms with E-state index in [0.717, 1.165) is 19.4 Å². The highest BCUT2D eigenvalue weighted by Crippen LogP contribution is 2.18. The third-order valence-corrected chi connectivity index (χ3v) is 5.44. The van der Waals surface area contributed by atoms with E-state index in [1.807, 2.05) is 20.8 Å². The number of sulfonamides is 1. The van der Waals surface area contributed by atoms with Crippen LogP contribution < -0.4 is 10.6 Å². The average molecular weight is 332 g/mol. The predicted molar refractivity (Wildman–Crippen MR) is 87.5 cm³/mol. The minimum Gasteiger partial charge on any atom is -0.373 e. The molecule has 1 saturated carbocycles. The fourth-order valence-corrected chi connectivity index (χ4v) is 3.96. The number of nitrogens with zero attached hydrogens (tertiary/aromatic N) is 2. The molecule has 1 aliphatic carbocycles. The zero-order valence-electron chi connectivity index (χ0n) is 13.7. The van der Waals surface area contributed by atoms with Gasteiger partial charge in [-0.05, 0) is 33.6 Å². The van der Waals surface area contributed by atoms with Gasteiger partial charge in [0.1, 0.15) is 0 Å². The molecular weight excluding hydrogens is 304 g/mol. The van der Waals surface area contributed by atoms with Crippen LogP contribution in [0.3, 0.4) is 0 Å². The summed E-state index contributed by atoms with van der Waals surface area (Å²) in [6.07, 6.45) is 2.20. The van der Waals surface area contributed by atoms with E-state index in [9.17, 15) is 8.42 Å². The molecule has 7 nitrogen and oxygen atoms in total. The maximum atomic E-state index is 12.4. The summed E-state index contributed by atoms with van der Waals surface area (Å²) in [5.41, 5.74) is 0. The van der Waals surface area contributed by atoms with Gasteiger partial charge >= 0.3 is 0 Å². The molecule has 2 unspecified atom stereocenters. The Bertz CT molecular complexity index is 480. The maximum absolute atomic E-state index is 12.4. The van der Waals surface area contributed by atoms with Crippen molar-refractivity contribution in [3.63, 3.8) is 0 Å². The molecule has 0 bridgehead atoms. The SMILES string of the molecule is CCNC(=NCCS(=O)(=O)N1CC(C)OC(C)C1)NC1CC1. The number of guanidine groups is 1. The minimum atomic E-state index is -3.28. The zero-order valence-corrected chi connectivity index (χ0v) is 14.5. The van der Waals surface area contributed by atoms with Gasteiger partial charge in [-0.15, -0.1) is 0 Å². The summed E-state index contributed by atoms with van der Waals surface area (Å²) in [6.45, 7) is 7.69. The molecule has 8 heteroatoms. The highest BCUT2D eigenvalue weighted by Gasteiger charge is 2.30. The average Bonchev–Trinajstić information content (AvgIpc) is 3.21. The number of morpholine rings is 1. The van der Waals surface area contributed by atoms with E-state index < -0.39 is 10.0 Å². The summed E-state index contributed by atoms with van der Waals surface area (Å²) in [5.74, 6) is 0.747. The Morgan fingerprint density at radius 1 is 1.27 bits per heavy atom. The predicted octanol–water partition coefficient (Wildman–Crippen LogP) is 0.143. The lowest BCUT2D eigenvalue weighted by atomic mass is 10.3. The molecular formula is C14H28N4O3S. The first kappa shape index (κ1) is 17.5. The molecule has 22 heavy (non-hydrogen) atoms. The van der Waals surface area contributed by atoms with Crippen LogP contribution in [0, 0.1) is 0 Å². The van der Waals surface area contributed by atoms with Crippen molar-refractivity contribution in [3.8, 4) is 0 Å². The Morgan fingerprint density at radius 2 is 1.91 bits per heavy atom. The summed E-state index contributed by atoms with van der Waals surface area (Å²) in [5, 5.41) is 6.43. The highest BCUT2D eigenvalue weighted by atomic mass is 32.2. The van der Waals surface area contributed by atoms with Crippen molar-refractivity contribution in [2.24, 2.45) is 4.99 Å². The molecule has 2 N–H and O–H groups in total. The minimum absolute atomic E-state index is 0.0354. The quantitative estimate of drug-likeness (QED) is 0.534. The lowest BCUT2D eigenvalue weighted by Crippen LogP contribution is -2.49. The van der Waals surface area contributed by atoms with Crippen molar-refractivity contribution in [1.29, 1.82) is 0 Å². The Labute approximate surface area is 133 Å². The Hall–Kier alpha value is -0.860. The van der Waals surface area contributed by atoms with Crippen LogP contribution in [0.15, 0.2) is 4.99 Å². The number of rotatable bonds is 6. The number of nitrogens with one attached hydrogen (secondary N) is 2. The van der Waals surface area contributed by atoms with Gasteiger partial charge in [0.25, 0.3) is 0 Å². The van der Waals surface area contributed by atoms with Crippen LogP contribution in [-0.4, -0.2) is 68.9 Å². The van der Waals surface area contributed by atoms with E-state index in [-0.39, 0.29) is 24.5 Å². The summed E-state index contributed by atoms with van der Waals surface area (Å²) in [7, 11) is -3.28. The maximum Gasteiger partial charge on any atom is 0.216 e. The second-order valence-electron chi connectivity index (χ2n) is 6.07. The van der Waals surface area contributed by atoms with Crippen molar-refractivity contribution in [2.45, 2.75) is 51.9 Å². The molecule has 2 fully saturated rings. The van der Waals surface area contributed by atoms with Crippen LogP contribution in [0.2, 0.25) is 0 Å². The van der Waals surface area contributed by atoms with E-state index in [1.165, 1.54) is 4.31 Å². The number of ether oxygens (including phenoxy) is 1. The molecule has 2 aliphatic rings. The highest BCUT2D eigenvalue weighted by molar-refractivity contribution is 7.89. The van der Waals surface area contributed by atoms with Crippen molar-refractivity contribution < 1.29 is 13.2 Å². The molecule has 2 rings (SSSR count). The summed E-state index contributed by atoms with van der Waals surface area (Å²) >= 11 is 0. The van der Waals surface area contributed by atoms with Gasteiger partial charge in [0.2, 0.25) is 10.0 Å². The first-order chi connectivity index (χ1) is 10.4. The molecule has 0 aromatic rings. The van der Waals surface area contributed by atoms with Crippen LogP contribution in [0.25, 0.3) is 0 Å². The van der Waals surface area contributed by atoms with E-state index in [0.29, 0.717) is 25.1 Å². The van der Waals surface area contributed by atoms with E-state index >= 15 is 0 Å². The van der Waals surface area contributed by atoms with Crippen LogP contribution in [0.1, 0.15) is 33.6 Å². The standard InChI is InChI=1S/C14H28N4O3S/c1-4-15-14(17-13-5-6-13)16-7-8-22(19,20)18-9-11(2)21-12(3)10-18/h11-13H,4-10H2,1-3H3,(H2,15,16,17). The molecule has 0 spiro atoms. The van der Waals surface area contributed by atoms with Gasteiger partial charge in [0, 0.05) is 25.7 Å². The second kappa shape index (κ2) is 7.61. The van der Waals surface area contributed by atoms with Crippen molar-refractivity contribution >= 4 is 16.0 Å². The van der Waals surface area contributed by atoms with Gasteiger partial charge in [0.05, 0.1) is 24.5 Å². The third kappa shape index (κ3) is 5.40. The zero-order chi connectivity index (χ0) is 16.2. The molecule has 128 valence electrons. The van der Waals surface area contributed by atoms with Crippen molar-refractivity contribution in [2.75, 3.05) is 31.9 Å². The first-order valence-electron chi connectivity index (χ1n) is 8.09. The molecule has 0 amide bonds. The molecule has 2 atom stereocenters. The summed E-state index contributed by atoms with van der Waals surface area (Å²) in [6, 6.07) is 0.496. The van der Waals surface area contributed by atoms with Crippen molar-refractivity contribution in [1.82, 2.24) is 14.9 Å². The van der Waals surface area contributed by atoms with Gasteiger partial charge in [-0.2, -0.15) is 4.31 Å². The van der Waals surface area contributed by atoms with E-state index in [1.54, 1.807) is 0 Å². The number of hydrogen-bond acceptors (Lipinski definition) is 4. The van der Waals surface area contributed by atoms with Gasteiger partial charge in [-0.3, -0.25) is 4.99 Å². The van der Waals surface area contributed by atoms with E-state index in [4.69, 9.17) is 4.74 Å². The fraction of sp³-hybridized carbons (Fsp3) is 0.929. The first-order valence-corrected chi connectivity index (χ1v) is 9.69. The molecule has 1 aliphatic heterocycles. The lowest BCUT2D eigenvalue weighted by molar-refractivity contribution is -0.0440. The Balaban J connectivity index is 1.87. The van der Waals surface area contributed by atoms with Gasteiger partial charge in [0.15, 0.2) is 5.96 Å². The Morgan fingerprint density at radius 3 is 2.45 bits per heavy atom. The number of hydrogen-bond donors (Lipinski definition) is 2. The smallest absolute Gasteiger partial charge is 0.216 e. The fourth-order valence-electron chi connectivity index (χ4n) is 2.50. The van der Waals surface area contributed by atoms with Crippen molar-refractivity contribution in [3.05, 3.63) is 0 Å². The molecule has 0 aromatic carbocycles. The van der Waals surface area contributed by atoms with Crippen LogP contribution in [0.5, 0.6) is 0 Å². The monoisotopic (exact) mass is 332 g/mol. The Kier molecular flexibility index (Phi) is 6.05. The van der Waals surface area contributed by atoms with Gasteiger partial charge < -0.3 is 15.4 Å². The lowest BCUT2D eigenvalue weighted by Gasteiger charge is -2.34. The second-order valence-corrected chi connectivity index (χ2v) is 8.16. The van der Waals surface area contributed by atoms with Crippen LogP contribution in [-0.2, 0) is 14.8 Å². The molecule has 0 radical (unpaired) electrons. The van der Waals surface area contributed by atoms with Crippen LogP contribution in [0.4, 0.5) is 0 Å². The van der Waals surface area contributed by atoms with Gasteiger partial charge in [-0.1, -0.05) is 0 Å². The molecule has 1 heterocycles.